The topological polar surface area (TPSA) is 94.1 Å². The number of hydrogen-bond donors (Lipinski definition) is 2. The summed E-state index contributed by atoms with van der Waals surface area (Å²) in [6.07, 6.45) is -3.80. The summed E-state index contributed by atoms with van der Waals surface area (Å²) in [5.41, 5.74) is 0.801. The number of fused-ring (bicyclic) bond motifs is 1. The third-order valence-electron chi connectivity index (χ3n) is 3.33. The number of hydrogen-bond acceptors (Lipinski definition) is 6. The Balaban J connectivity index is 1.49. The second-order valence-electron chi connectivity index (χ2n) is 5.38. The lowest BCUT2D eigenvalue weighted by Crippen LogP contribution is -2.25. The molecule has 2 aromatic carbocycles. The molecule has 26 heavy (non-hydrogen) atoms. The van der Waals surface area contributed by atoms with E-state index in [0.717, 1.165) is 0 Å². The van der Waals surface area contributed by atoms with Gasteiger partial charge in [-0.2, -0.15) is 0 Å². The Labute approximate surface area is 146 Å². The first-order valence-corrected chi connectivity index (χ1v) is 7.44. The number of phenols is 1. The molecule has 0 atom stereocenters. The highest BCUT2D eigenvalue weighted by molar-refractivity contribution is 5.93. The van der Waals surface area contributed by atoms with Gasteiger partial charge in [-0.1, -0.05) is 12.1 Å². The summed E-state index contributed by atoms with van der Waals surface area (Å²) in [4.78, 5) is 23.5. The van der Waals surface area contributed by atoms with Crippen molar-refractivity contribution < 1.29 is 37.7 Å². The standard InChI is InChI=1S/C17H13F2NO6/c18-17(19)25-13-6-3-11(8-14(13)26-17)20-15(22)9-24-16(23)7-10-1-4-12(21)5-2-10/h1-6,8,21H,7,9H2,(H,20,22). The zero-order valence-electron chi connectivity index (χ0n) is 13.2. The van der Waals surface area contributed by atoms with Crippen molar-refractivity contribution in [3.63, 3.8) is 0 Å². The molecule has 0 radical (unpaired) electrons. The second-order valence-corrected chi connectivity index (χ2v) is 5.38. The lowest BCUT2D eigenvalue weighted by molar-refractivity contribution is -0.286. The second kappa shape index (κ2) is 6.87. The van der Waals surface area contributed by atoms with Gasteiger partial charge in [0, 0.05) is 11.8 Å². The van der Waals surface area contributed by atoms with E-state index in [9.17, 15) is 18.4 Å². The summed E-state index contributed by atoms with van der Waals surface area (Å²) in [6.45, 7) is -0.540. The molecule has 1 heterocycles. The predicted octanol–water partition coefficient (Wildman–Crippen LogP) is 2.44. The molecule has 0 saturated carbocycles. The van der Waals surface area contributed by atoms with E-state index in [1.807, 2.05) is 0 Å². The number of benzene rings is 2. The Bertz CT molecular complexity index is 838. The molecule has 0 spiro atoms. The number of aromatic hydroxyl groups is 1. The Hall–Kier alpha value is -3.36. The van der Waals surface area contributed by atoms with Crippen molar-refractivity contribution >= 4 is 17.6 Å². The smallest absolute Gasteiger partial charge is 0.508 e. The Morgan fingerprint density at radius 3 is 2.50 bits per heavy atom. The molecule has 136 valence electrons. The minimum atomic E-state index is -3.74. The van der Waals surface area contributed by atoms with Crippen LogP contribution in [0.25, 0.3) is 0 Å². The Kier molecular flexibility index (Phi) is 4.61. The molecule has 0 saturated heterocycles. The quantitative estimate of drug-likeness (QED) is 0.791. The van der Waals surface area contributed by atoms with Crippen LogP contribution in [-0.2, 0) is 20.7 Å². The largest absolute Gasteiger partial charge is 0.586 e. The van der Waals surface area contributed by atoms with E-state index in [2.05, 4.69) is 14.8 Å². The number of esters is 1. The Morgan fingerprint density at radius 1 is 1.08 bits per heavy atom. The number of alkyl halides is 2. The lowest BCUT2D eigenvalue weighted by Gasteiger charge is -2.07. The van der Waals surface area contributed by atoms with Crippen LogP contribution in [0.2, 0.25) is 0 Å². The first kappa shape index (κ1) is 17.5. The number of rotatable bonds is 5. The molecule has 0 bridgehead atoms. The minimum absolute atomic E-state index is 0.0628. The van der Waals surface area contributed by atoms with Gasteiger partial charge in [-0.25, -0.2) is 0 Å². The van der Waals surface area contributed by atoms with Crippen LogP contribution in [0.5, 0.6) is 17.2 Å². The first-order chi connectivity index (χ1) is 12.3. The van der Waals surface area contributed by atoms with Gasteiger partial charge in [0.25, 0.3) is 5.91 Å². The zero-order chi connectivity index (χ0) is 18.7. The summed E-state index contributed by atoms with van der Waals surface area (Å²) in [6, 6.07) is 9.71. The van der Waals surface area contributed by atoms with E-state index in [4.69, 9.17) is 9.84 Å². The maximum Gasteiger partial charge on any atom is 0.586 e. The van der Waals surface area contributed by atoms with Gasteiger partial charge in [-0.3, -0.25) is 9.59 Å². The third-order valence-corrected chi connectivity index (χ3v) is 3.33. The van der Waals surface area contributed by atoms with Crippen molar-refractivity contribution in [2.75, 3.05) is 11.9 Å². The van der Waals surface area contributed by atoms with Gasteiger partial charge in [-0.15, -0.1) is 8.78 Å². The molecule has 1 aliphatic heterocycles. The lowest BCUT2D eigenvalue weighted by atomic mass is 10.1. The number of carbonyl (C=O) groups is 2. The normalized spacial score (nSPS) is 13.9. The maximum atomic E-state index is 12.9. The summed E-state index contributed by atoms with van der Waals surface area (Å²) in [5.74, 6) is -1.56. The van der Waals surface area contributed by atoms with Gasteiger partial charge in [-0.05, 0) is 29.8 Å². The van der Waals surface area contributed by atoms with E-state index in [0.29, 0.717) is 5.56 Å². The van der Waals surface area contributed by atoms with E-state index in [-0.39, 0.29) is 29.4 Å². The van der Waals surface area contributed by atoms with E-state index in [1.54, 1.807) is 12.1 Å². The zero-order valence-corrected chi connectivity index (χ0v) is 13.2. The fourth-order valence-electron chi connectivity index (χ4n) is 2.20. The van der Waals surface area contributed by atoms with Crippen molar-refractivity contribution in [1.82, 2.24) is 0 Å². The number of amides is 1. The van der Waals surface area contributed by atoms with Gasteiger partial charge < -0.3 is 24.6 Å². The fraction of sp³-hybridized carbons (Fsp3) is 0.176. The van der Waals surface area contributed by atoms with Crippen LogP contribution in [0.1, 0.15) is 5.56 Å². The van der Waals surface area contributed by atoms with Crippen molar-refractivity contribution in [3.8, 4) is 17.2 Å². The molecule has 0 fully saturated rings. The van der Waals surface area contributed by atoms with Crippen LogP contribution in [0.4, 0.5) is 14.5 Å². The highest BCUT2D eigenvalue weighted by Crippen LogP contribution is 2.42. The van der Waals surface area contributed by atoms with Crippen molar-refractivity contribution in [1.29, 1.82) is 0 Å². The third kappa shape index (κ3) is 4.38. The molecular formula is C17H13F2NO6. The van der Waals surface area contributed by atoms with Gasteiger partial charge in [0.05, 0.1) is 6.42 Å². The van der Waals surface area contributed by atoms with Crippen molar-refractivity contribution in [2.45, 2.75) is 12.7 Å². The molecule has 2 N–H and O–H groups in total. The SMILES string of the molecule is O=C(COC(=O)Cc1ccc(O)cc1)Nc1ccc2c(c1)OC(F)(F)O2. The molecule has 0 unspecified atom stereocenters. The predicted molar refractivity (Wildman–Crippen MR) is 84.0 cm³/mol. The summed E-state index contributed by atoms with van der Waals surface area (Å²) in [7, 11) is 0. The number of halogens is 2. The van der Waals surface area contributed by atoms with Crippen LogP contribution in [0, 0.1) is 0 Å². The van der Waals surface area contributed by atoms with E-state index in [1.165, 1.54) is 30.3 Å². The minimum Gasteiger partial charge on any atom is -0.508 e. The molecule has 1 aliphatic rings. The van der Waals surface area contributed by atoms with Crippen LogP contribution >= 0.6 is 0 Å². The van der Waals surface area contributed by atoms with Crippen LogP contribution < -0.4 is 14.8 Å². The van der Waals surface area contributed by atoms with Crippen LogP contribution in [0.15, 0.2) is 42.5 Å². The van der Waals surface area contributed by atoms with Crippen LogP contribution in [0.3, 0.4) is 0 Å². The van der Waals surface area contributed by atoms with Gasteiger partial charge in [0.15, 0.2) is 18.1 Å². The summed E-state index contributed by atoms with van der Waals surface area (Å²) < 4.78 is 39.2. The molecule has 2 aromatic rings. The number of anilines is 1. The average molecular weight is 365 g/mol. The molecule has 1 amide bonds. The average Bonchev–Trinajstić information content (AvgIpc) is 2.88. The fourth-order valence-corrected chi connectivity index (χ4v) is 2.20. The number of nitrogens with one attached hydrogen (secondary N) is 1. The van der Waals surface area contributed by atoms with Crippen molar-refractivity contribution in [3.05, 3.63) is 48.0 Å². The summed E-state index contributed by atoms with van der Waals surface area (Å²) >= 11 is 0. The van der Waals surface area contributed by atoms with Crippen LogP contribution in [-0.4, -0.2) is 29.9 Å². The monoisotopic (exact) mass is 365 g/mol. The number of carbonyl (C=O) groups excluding carboxylic acids is 2. The van der Waals surface area contributed by atoms with Gasteiger partial charge in [0.1, 0.15) is 5.75 Å². The van der Waals surface area contributed by atoms with E-state index >= 15 is 0 Å². The van der Waals surface area contributed by atoms with Crippen molar-refractivity contribution in [2.24, 2.45) is 0 Å². The molecule has 9 heteroatoms. The molecule has 0 aliphatic carbocycles. The van der Waals surface area contributed by atoms with E-state index < -0.39 is 24.8 Å². The first-order valence-electron chi connectivity index (χ1n) is 7.44. The highest BCUT2D eigenvalue weighted by Gasteiger charge is 2.43. The number of phenolic OH excluding ortho intramolecular Hbond substituents is 1. The molecule has 7 nitrogen and oxygen atoms in total. The number of ether oxygens (including phenoxy) is 3. The molecule has 3 rings (SSSR count). The maximum absolute atomic E-state index is 12.9. The molecule has 0 aromatic heterocycles. The van der Waals surface area contributed by atoms with Gasteiger partial charge >= 0.3 is 12.3 Å². The highest BCUT2D eigenvalue weighted by atomic mass is 19.3. The Morgan fingerprint density at radius 2 is 1.77 bits per heavy atom. The summed E-state index contributed by atoms with van der Waals surface area (Å²) in [5, 5.41) is 11.6. The van der Waals surface area contributed by atoms with Gasteiger partial charge in [0.2, 0.25) is 0 Å². The molecular weight excluding hydrogens is 352 g/mol.